The second kappa shape index (κ2) is 6.25. The van der Waals surface area contributed by atoms with Crippen LogP contribution < -0.4 is 10.5 Å². The van der Waals surface area contributed by atoms with Gasteiger partial charge in [-0.2, -0.15) is 0 Å². The third-order valence-corrected chi connectivity index (χ3v) is 4.26. The predicted molar refractivity (Wildman–Crippen MR) is 84.9 cm³/mol. The average molecular weight is 299 g/mol. The van der Waals surface area contributed by atoms with E-state index >= 15 is 0 Å². The molecular formula is C16H21N5O. The molecule has 2 aromatic rings. The first kappa shape index (κ1) is 14.7. The van der Waals surface area contributed by atoms with E-state index < -0.39 is 0 Å². The molecule has 6 heteroatoms. The Hall–Kier alpha value is -2.24. The van der Waals surface area contributed by atoms with Crippen LogP contribution in [0.25, 0.3) is 0 Å². The Morgan fingerprint density at radius 1 is 1.23 bits per heavy atom. The highest BCUT2D eigenvalue weighted by Crippen LogP contribution is 2.22. The molecule has 116 valence electrons. The van der Waals surface area contributed by atoms with Gasteiger partial charge in [0.05, 0.1) is 6.33 Å². The van der Waals surface area contributed by atoms with Gasteiger partial charge in [-0.25, -0.2) is 15.0 Å². The summed E-state index contributed by atoms with van der Waals surface area (Å²) >= 11 is 0. The van der Waals surface area contributed by atoms with Gasteiger partial charge in [0.15, 0.2) is 0 Å². The van der Waals surface area contributed by atoms with E-state index in [-0.39, 0.29) is 5.56 Å². The molecule has 0 saturated carbocycles. The molecular weight excluding hydrogens is 278 g/mol. The zero-order valence-corrected chi connectivity index (χ0v) is 13.1. The van der Waals surface area contributed by atoms with Crippen LogP contribution in [0, 0.1) is 19.8 Å². The van der Waals surface area contributed by atoms with Crippen molar-refractivity contribution in [2.45, 2.75) is 33.2 Å². The molecule has 1 saturated heterocycles. The SMILES string of the molecule is Cc1cc(N2CCC(Cn3cncc(C)c3=O)CC2)ncn1. The molecule has 2 aromatic heterocycles. The van der Waals surface area contributed by atoms with Crippen LogP contribution in [0.15, 0.2) is 29.7 Å². The summed E-state index contributed by atoms with van der Waals surface area (Å²) in [7, 11) is 0. The largest absolute Gasteiger partial charge is 0.356 e. The summed E-state index contributed by atoms with van der Waals surface area (Å²) in [5.41, 5.74) is 1.77. The first-order valence-electron chi connectivity index (χ1n) is 7.68. The molecule has 1 aliphatic heterocycles. The fourth-order valence-electron chi connectivity index (χ4n) is 2.93. The molecule has 3 heterocycles. The van der Waals surface area contributed by atoms with Crippen LogP contribution >= 0.6 is 0 Å². The predicted octanol–water partition coefficient (Wildman–Crippen LogP) is 1.57. The minimum Gasteiger partial charge on any atom is -0.356 e. The maximum absolute atomic E-state index is 12.1. The van der Waals surface area contributed by atoms with Gasteiger partial charge < -0.3 is 4.90 Å². The average Bonchev–Trinajstić information content (AvgIpc) is 2.53. The number of aryl methyl sites for hydroxylation is 2. The van der Waals surface area contributed by atoms with Gasteiger partial charge in [0, 0.05) is 43.2 Å². The third kappa shape index (κ3) is 3.16. The molecule has 0 aliphatic carbocycles. The van der Waals surface area contributed by atoms with Crippen molar-refractivity contribution in [1.29, 1.82) is 0 Å². The van der Waals surface area contributed by atoms with Gasteiger partial charge in [0.25, 0.3) is 5.56 Å². The van der Waals surface area contributed by atoms with Crippen molar-refractivity contribution in [3.63, 3.8) is 0 Å². The number of anilines is 1. The molecule has 1 fully saturated rings. The zero-order chi connectivity index (χ0) is 15.5. The summed E-state index contributed by atoms with van der Waals surface area (Å²) in [6.45, 7) is 6.48. The number of aromatic nitrogens is 4. The summed E-state index contributed by atoms with van der Waals surface area (Å²) in [4.78, 5) is 27.0. The van der Waals surface area contributed by atoms with E-state index in [4.69, 9.17) is 0 Å². The topological polar surface area (TPSA) is 63.9 Å². The van der Waals surface area contributed by atoms with Crippen LogP contribution in [0.3, 0.4) is 0 Å². The van der Waals surface area contributed by atoms with Crippen molar-refractivity contribution in [2.24, 2.45) is 5.92 Å². The monoisotopic (exact) mass is 299 g/mol. The van der Waals surface area contributed by atoms with Crippen LogP contribution in [0.2, 0.25) is 0 Å². The van der Waals surface area contributed by atoms with E-state index in [2.05, 4.69) is 19.9 Å². The molecule has 0 atom stereocenters. The summed E-state index contributed by atoms with van der Waals surface area (Å²) in [5, 5.41) is 0. The molecule has 0 radical (unpaired) electrons. The second-order valence-corrected chi connectivity index (χ2v) is 5.98. The Morgan fingerprint density at radius 2 is 2.00 bits per heavy atom. The third-order valence-electron chi connectivity index (χ3n) is 4.26. The maximum atomic E-state index is 12.1. The van der Waals surface area contributed by atoms with Crippen molar-refractivity contribution < 1.29 is 0 Å². The molecule has 0 bridgehead atoms. The summed E-state index contributed by atoms with van der Waals surface area (Å²) in [6.07, 6.45) is 7.01. The molecule has 0 spiro atoms. The molecule has 22 heavy (non-hydrogen) atoms. The molecule has 6 nitrogen and oxygen atoms in total. The normalized spacial score (nSPS) is 16.0. The van der Waals surface area contributed by atoms with E-state index in [1.54, 1.807) is 23.4 Å². The highest BCUT2D eigenvalue weighted by molar-refractivity contribution is 5.38. The fourth-order valence-corrected chi connectivity index (χ4v) is 2.93. The highest BCUT2D eigenvalue weighted by Gasteiger charge is 2.21. The number of hydrogen-bond donors (Lipinski definition) is 0. The molecule has 0 unspecified atom stereocenters. The van der Waals surface area contributed by atoms with Crippen LogP contribution in [-0.2, 0) is 6.54 Å². The van der Waals surface area contributed by atoms with Crippen molar-refractivity contribution in [3.8, 4) is 0 Å². The lowest BCUT2D eigenvalue weighted by Crippen LogP contribution is -2.37. The number of rotatable bonds is 3. The number of piperidine rings is 1. The fraction of sp³-hybridized carbons (Fsp3) is 0.500. The first-order valence-corrected chi connectivity index (χ1v) is 7.68. The Morgan fingerprint density at radius 3 is 2.73 bits per heavy atom. The Kier molecular flexibility index (Phi) is 4.18. The number of nitrogens with zero attached hydrogens (tertiary/aromatic N) is 5. The van der Waals surface area contributed by atoms with Crippen LogP contribution in [0.4, 0.5) is 5.82 Å². The van der Waals surface area contributed by atoms with Gasteiger partial charge >= 0.3 is 0 Å². The van der Waals surface area contributed by atoms with E-state index in [9.17, 15) is 4.79 Å². The smallest absolute Gasteiger partial charge is 0.256 e. The van der Waals surface area contributed by atoms with Crippen LogP contribution in [0.1, 0.15) is 24.1 Å². The summed E-state index contributed by atoms with van der Waals surface area (Å²) in [5.74, 6) is 1.51. The standard InChI is InChI=1S/C16H21N5O/c1-12-8-17-11-21(16(12)22)9-14-3-5-20(6-4-14)15-7-13(2)18-10-19-15/h7-8,10-11,14H,3-6,9H2,1-2H3. The van der Waals surface area contributed by atoms with Gasteiger partial charge in [-0.3, -0.25) is 9.36 Å². The van der Waals surface area contributed by atoms with Crippen molar-refractivity contribution >= 4 is 5.82 Å². The summed E-state index contributed by atoms with van der Waals surface area (Å²) < 4.78 is 1.74. The molecule has 1 aliphatic rings. The van der Waals surface area contributed by atoms with E-state index in [0.717, 1.165) is 44.0 Å². The molecule has 0 amide bonds. The van der Waals surface area contributed by atoms with E-state index in [1.807, 2.05) is 19.9 Å². The molecule has 3 rings (SSSR count). The molecule has 0 aromatic carbocycles. The van der Waals surface area contributed by atoms with Gasteiger partial charge in [-0.15, -0.1) is 0 Å². The van der Waals surface area contributed by atoms with Crippen molar-refractivity contribution in [3.05, 3.63) is 46.5 Å². The summed E-state index contributed by atoms with van der Waals surface area (Å²) in [6, 6.07) is 2.02. The quantitative estimate of drug-likeness (QED) is 0.860. The lowest BCUT2D eigenvalue weighted by molar-refractivity contribution is 0.349. The van der Waals surface area contributed by atoms with Gasteiger partial charge in [-0.05, 0) is 32.6 Å². The minimum absolute atomic E-state index is 0.0730. The van der Waals surface area contributed by atoms with E-state index in [1.165, 1.54) is 0 Å². The Bertz CT molecular complexity index is 704. The van der Waals surface area contributed by atoms with Crippen LogP contribution in [0.5, 0.6) is 0 Å². The van der Waals surface area contributed by atoms with Crippen molar-refractivity contribution in [1.82, 2.24) is 19.5 Å². The van der Waals surface area contributed by atoms with Gasteiger partial charge in [0.1, 0.15) is 12.1 Å². The van der Waals surface area contributed by atoms with E-state index in [0.29, 0.717) is 11.5 Å². The van der Waals surface area contributed by atoms with Gasteiger partial charge in [0.2, 0.25) is 0 Å². The Labute approximate surface area is 129 Å². The highest BCUT2D eigenvalue weighted by atomic mass is 16.1. The maximum Gasteiger partial charge on any atom is 0.256 e. The lowest BCUT2D eigenvalue weighted by atomic mass is 9.96. The second-order valence-electron chi connectivity index (χ2n) is 5.98. The number of hydrogen-bond acceptors (Lipinski definition) is 5. The lowest BCUT2D eigenvalue weighted by Gasteiger charge is -2.33. The van der Waals surface area contributed by atoms with Crippen molar-refractivity contribution in [2.75, 3.05) is 18.0 Å². The molecule has 0 N–H and O–H groups in total. The first-order chi connectivity index (χ1) is 10.6. The Balaban J connectivity index is 1.62. The van der Waals surface area contributed by atoms with Gasteiger partial charge in [-0.1, -0.05) is 0 Å². The minimum atomic E-state index is 0.0730. The van der Waals surface area contributed by atoms with Crippen LogP contribution in [-0.4, -0.2) is 32.6 Å². The zero-order valence-electron chi connectivity index (χ0n) is 13.1.